The minimum atomic E-state index is -0.424. The van der Waals surface area contributed by atoms with Gasteiger partial charge < -0.3 is 15.8 Å². The van der Waals surface area contributed by atoms with Crippen molar-refractivity contribution in [3.8, 4) is 0 Å². The van der Waals surface area contributed by atoms with Gasteiger partial charge in [0, 0.05) is 31.7 Å². The summed E-state index contributed by atoms with van der Waals surface area (Å²) in [7, 11) is 0. The molecule has 0 unspecified atom stereocenters. The van der Waals surface area contributed by atoms with E-state index in [-0.39, 0.29) is 5.91 Å². The quantitative estimate of drug-likeness (QED) is 0.610. The molecule has 1 aliphatic carbocycles. The second kappa shape index (κ2) is 6.21. The summed E-state index contributed by atoms with van der Waals surface area (Å²) in [6.07, 6.45) is 3.89. The molecule has 3 N–H and O–H groups in total. The van der Waals surface area contributed by atoms with E-state index in [4.69, 9.17) is 10.5 Å². The second-order valence-corrected chi connectivity index (χ2v) is 5.39. The maximum absolute atomic E-state index is 11.4. The zero-order valence-electron chi connectivity index (χ0n) is 10.4. The molecule has 1 aliphatic rings. The normalized spacial score (nSPS) is 16.2. The fourth-order valence-corrected chi connectivity index (χ4v) is 1.41. The van der Waals surface area contributed by atoms with Gasteiger partial charge in [0.1, 0.15) is 0 Å². The van der Waals surface area contributed by atoms with Crippen LogP contribution in [0.5, 0.6) is 0 Å². The first-order valence-electron chi connectivity index (χ1n) is 6.11. The molecular weight excluding hydrogens is 204 g/mol. The summed E-state index contributed by atoms with van der Waals surface area (Å²) in [5, 5.41) is 2.84. The number of hydrogen-bond acceptors (Lipinski definition) is 3. The third-order valence-corrected chi connectivity index (χ3v) is 2.45. The molecule has 0 aliphatic heterocycles. The molecule has 0 aromatic rings. The van der Waals surface area contributed by atoms with E-state index >= 15 is 0 Å². The topological polar surface area (TPSA) is 64.4 Å². The monoisotopic (exact) mass is 228 g/mol. The van der Waals surface area contributed by atoms with Crippen molar-refractivity contribution in [1.29, 1.82) is 0 Å². The summed E-state index contributed by atoms with van der Waals surface area (Å²) >= 11 is 0. The molecule has 4 nitrogen and oxygen atoms in total. The number of carbonyl (C=O) groups excluding carboxylic acids is 1. The standard InChI is InChI=1S/C12H24N2O2/c1-12(2,13)8-11(15)14-6-3-7-16-9-10-4-5-10/h10H,3-9,13H2,1-2H3,(H,14,15). The summed E-state index contributed by atoms with van der Waals surface area (Å²) < 4.78 is 5.46. The fourth-order valence-electron chi connectivity index (χ4n) is 1.41. The smallest absolute Gasteiger partial charge is 0.221 e. The zero-order chi connectivity index (χ0) is 12.0. The average molecular weight is 228 g/mol. The molecule has 0 heterocycles. The number of ether oxygens (including phenoxy) is 1. The van der Waals surface area contributed by atoms with Crippen LogP contribution in [0.1, 0.15) is 39.5 Å². The molecule has 16 heavy (non-hydrogen) atoms. The van der Waals surface area contributed by atoms with Gasteiger partial charge in [-0.1, -0.05) is 0 Å². The molecular formula is C12H24N2O2. The van der Waals surface area contributed by atoms with Gasteiger partial charge >= 0.3 is 0 Å². The first-order chi connectivity index (χ1) is 7.47. The Morgan fingerprint density at radius 3 is 2.75 bits per heavy atom. The van der Waals surface area contributed by atoms with Crippen LogP contribution in [-0.2, 0) is 9.53 Å². The van der Waals surface area contributed by atoms with Crippen LogP contribution in [0.2, 0.25) is 0 Å². The van der Waals surface area contributed by atoms with E-state index in [1.54, 1.807) is 0 Å². The SMILES string of the molecule is CC(C)(N)CC(=O)NCCCOCC1CC1. The molecule has 0 bridgehead atoms. The van der Waals surface area contributed by atoms with Gasteiger partial charge in [0.25, 0.3) is 0 Å². The van der Waals surface area contributed by atoms with Crippen LogP contribution in [0.4, 0.5) is 0 Å². The van der Waals surface area contributed by atoms with E-state index in [1.165, 1.54) is 12.8 Å². The maximum Gasteiger partial charge on any atom is 0.221 e. The summed E-state index contributed by atoms with van der Waals surface area (Å²) in [6, 6.07) is 0. The highest BCUT2D eigenvalue weighted by Crippen LogP contribution is 2.28. The Balaban J connectivity index is 1.87. The molecule has 0 aromatic heterocycles. The van der Waals surface area contributed by atoms with Gasteiger partial charge in [0.05, 0.1) is 0 Å². The first kappa shape index (κ1) is 13.5. The molecule has 1 rings (SSSR count). The number of carbonyl (C=O) groups is 1. The largest absolute Gasteiger partial charge is 0.381 e. The second-order valence-electron chi connectivity index (χ2n) is 5.39. The molecule has 0 atom stereocenters. The van der Waals surface area contributed by atoms with Crippen molar-refractivity contribution in [3.63, 3.8) is 0 Å². The zero-order valence-corrected chi connectivity index (χ0v) is 10.4. The number of rotatable bonds is 8. The Morgan fingerprint density at radius 2 is 2.19 bits per heavy atom. The van der Waals surface area contributed by atoms with Crippen molar-refractivity contribution < 1.29 is 9.53 Å². The van der Waals surface area contributed by atoms with Crippen LogP contribution >= 0.6 is 0 Å². The molecule has 1 fully saturated rings. The van der Waals surface area contributed by atoms with Gasteiger partial charge in [-0.25, -0.2) is 0 Å². The van der Waals surface area contributed by atoms with Gasteiger partial charge in [-0.05, 0) is 39.0 Å². The van der Waals surface area contributed by atoms with Crippen LogP contribution in [-0.4, -0.2) is 31.2 Å². The van der Waals surface area contributed by atoms with E-state index in [9.17, 15) is 4.79 Å². The average Bonchev–Trinajstić information content (AvgIpc) is 2.91. The van der Waals surface area contributed by atoms with Crippen LogP contribution in [0, 0.1) is 5.92 Å². The minimum Gasteiger partial charge on any atom is -0.381 e. The summed E-state index contributed by atoms with van der Waals surface area (Å²) in [6.45, 7) is 6.02. The predicted molar refractivity (Wildman–Crippen MR) is 64.1 cm³/mol. The third kappa shape index (κ3) is 7.65. The van der Waals surface area contributed by atoms with Crippen molar-refractivity contribution in [1.82, 2.24) is 5.32 Å². The summed E-state index contributed by atoms with van der Waals surface area (Å²) in [4.78, 5) is 11.4. The predicted octanol–water partition coefficient (Wildman–Crippen LogP) is 1.05. The van der Waals surface area contributed by atoms with E-state index in [1.807, 2.05) is 13.8 Å². The van der Waals surface area contributed by atoms with Crippen LogP contribution in [0.15, 0.2) is 0 Å². The van der Waals surface area contributed by atoms with Crippen molar-refractivity contribution >= 4 is 5.91 Å². The van der Waals surface area contributed by atoms with Gasteiger partial charge in [-0.3, -0.25) is 4.79 Å². The molecule has 94 valence electrons. The lowest BCUT2D eigenvalue weighted by molar-refractivity contribution is -0.122. The van der Waals surface area contributed by atoms with Crippen LogP contribution < -0.4 is 11.1 Å². The Labute approximate surface area is 97.9 Å². The molecule has 1 amide bonds. The Bertz CT molecular complexity index is 220. The third-order valence-electron chi connectivity index (χ3n) is 2.45. The highest BCUT2D eigenvalue weighted by molar-refractivity contribution is 5.76. The summed E-state index contributed by atoms with van der Waals surface area (Å²) in [5.41, 5.74) is 5.32. The van der Waals surface area contributed by atoms with E-state index in [0.717, 1.165) is 25.6 Å². The summed E-state index contributed by atoms with van der Waals surface area (Å²) in [5.74, 6) is 0.835. The van der Waals surface area contributed by atoms with Crippen molar-refractivity contribution in [3.05, 3.63) is 0 Å². The van der Waals surface area contributed by atoms with Gasteiger partial charge in [0.15, 0.2) is 0 Å². The minimum absolute atomic E-state index is 0.0229. The van der Waals surface area contributed by atoms with Crippen molar-refractivity contribution in [2.24, 2.45) is 11.7 Å². The van der Waals surface area contributed by atoms with E-state index in [0.29, 0.717) is 13.0 Å². The lowest BCUT2D eigenvalue weighted by Crippen LogP contribution is -2.39. The molecule has 1 saturated carbocycles. The van der Waals surface area contributed by atoms with Crippen LogP contribution in [0.3, 0.4) is 0 Å². The number of nitrogens with two attached hydrogens (primary N) is 1. The Kier molecular flexibility index (Phi) is 5.22. The van der Waals surface area contributed by atoms with Crippen molar-refractivity contribution in [2.75, 3.05) is 19.8 Å². The highest BCUT2D eigenvalue weighted by Gasteiger charge is 2.20. The molecule has 0 spiro atoms. The van der Waals surface area contributed by atoms with E-state index in [2.05, 4.69) is 5.32 Å². The Hall–Kier alpha value is -0.610. The molecule has 0 aromatic carbocycles. The molecule has 4 heteroatoms. The number of nitrogens with one attached hydrogen (secondary N) is 1. The fraction of sp³-hybridized carbons (Fsp3) is 0.917. The first-order valence-corrected chi connectivity index (χ1v) is 6.11. The van der Waals surface area contributed by atoms with E-state index < -0.39 is 5.54 Å². The van der Waals surface area contributed by atoms with Crippen molar-refractivity contribution in [2.45, 2.75) is 45.1 Å². The lowest BCUT2D eigenvalue weighted by Gasteiger charge is -2.17. The van der Waals surface area contributed by atoms with Gasteiger partial charge in [-0.2, -0.15) is 0 Å². The number of hydrogen-bond donors (Lipinski definition) is 2. The van der Waals surface area contributed by atoms with Gasteiger partial charge in [0.2, 0.25) is 5.91 Å². The van der Waals surface area contributed by atoms with Gasteiger partial charge in [-0.15, -0.1) is 0 Å². The number of amides is 1. The lowest BCUT2D eigenvalue weighted by atomic mass is 10.0. The molecule has 0 radical (unpaired) electrons. The molecule has 0 saturated heterocycles. The highest BCUT2D eigenvalue weighted by atomic mass is 16.5. The van der Waals surface area contributed by atoms with Crippen LogP contribution in [0.25, 0.3) is 0 Å². The Morgan fingerprint density at radius 1 is 1.50 bits per heavy atom. The maximum atomic E-state index is 11.4.